The van der Waals surface area contributed by atoms with E-state index in [4.69, 9.17) is 4.74 Å². The molecule has 0 radical (unpaired) electrons. The number of thiol groups is 1. The third-order valence-corrected chi connectivity index (χ3v) is 0.990. The second-order valence-corrected chi connectivity index (χ2v) is 2.71. The van der Waals surface area contributed by atoms with Crippen molar-refractivity contribution in [3.8, 4) is 0 Å². The average molecular weight is 165 g/mol. The van der Waals surface area contributed by atoms with Crippen molar-refractivity contribution in [1.29, 1.82) is 0 Å². The van der Waals surface area contributed by atoms with E-state index in [1.54, 1.807) is 0 Å². The highest BCUT2D eigenvalue weighted by Gasteiger charge is 1.97. The van der Waals surface area contributed by atoms with Gasteiger partial charge in [-0.05, 0) is 13.8 Å². The third kappa shape index (κ3) is 6.08. The first kappa shape index (κ1) is 9.20. The van der Waals surface area contributed by atoms with Gasteiger partial charge in [0.2, 0.25) is 0 Å². The van der Waals surface area contributed by atoms with Crippen LogP contribution in [0.4, 0.5) is 0 Å². The topological polar surface area (TPSA) is 21.3 Å². The van der Waals surface area contributed by atoms with Gasteiger partial charge in [0.15, 0.2) is 0 Å². The normalized spacial score (nSPS) is 12.8. The molecule has 0 fully saturated rings. The predicted octanol–water partition coefficient (Wildman–Crippen LogP) is 1.17. The fourth-order valence-corrected chi connectivity index (χ4v) is 0.813. The zero-order chi connectivity index (χ0) is 7.28. The van der Waals surface area contributed by atoms with Crippen LogP contribution in [0.15, 0.2) is 0 Å². The third-order valence-electron chi connectivity index (χ3n) is 0.743. The Bertz CT molecular complexity index is 97.0. The van der Waals surface area contributed by atoms with Crippen LogP contribution >= 0.6 is 24.8 Å². The fraction of sp³-hybridized carbons (Fsp3) is 0.800. The minimum absolute atomic E-state index is 0.0278. The Morgan fingerprint density at radius 1 is 1.89 bits per heavy atom. The summed E-state index contributed by atoms with van der Waals surface area (Å²) in [4.78, 5) is 0. The number of thiocarbonyl (C=S) groups is 1. The summed E-state index contributed by atoms with van der Waals surface area (Å²) in [5.41, 5.74) is 0. The van der Waals surface area contributed by atoms with Gasteiger partial charge in [0, 0.05) is 6.61 Å². The van der Waals surface area contributed by atoms with Crippen LogP contribution in [-0.4, -0.2) is 17.2 Å². The lowest BCUT2D eigenvalue weighted by atomic mass is 10.6. The summed E-state index contributed by atoms with van der Waals surface area (Å²) in [6.07, 6.45) is -0.0278. The van der Waals surface area contributed by atoms with Gasteiger partial charge in [0.25, 0.3) is 0 Å². The lowest BCUT2D eigenvalue weighted by molar-refractivity contribution is 0.0674. The second-order valence-electron chi connectivity index (χ2n) is 1.55. The first-order valence-corrected chi connectivity index (χ1v) is 3.63. The van der Waals surface area contributed by atoms with Crippen molar-refractivity contribution in [2.24, 2.45) is 0 Å². The van der Waals surface area contributed by atoms with Gasteiger partial charge in [-0.2, -0.15) is 0 Å². The highest BCUT2D eigenvalue weighted by atomic mass is 32.1. The van der Waals surface area contributed by atoms with E-state index >= 15 is 0 Å². The Hall–Kier alpha value is 0.200. The van der Waals surface area contributed by atoms with Crippen LogP contribution in [0.5, 0.6) is 0 Å². The van der Waals surface area contributed by atoms with Gasteiger partial charge in [0.1, 0.15) is 10.5 Å². The van der Waals surface area contributed by atoms with Gasteiger partial charge < -0.3 is 10.1 Å². The molecule has 0 aromatic heterocycles. The molecule has 2 nitrogen and oxygen atoms in total. The van der Waals surface area contributed by atoms with Crippen LogP contribution in [0.2, 0.25) is 0 Å². The molecule has 0 aromatic carbocycles. The largest absolute Gasteiger partial charge is 0.359 e. The summed E-state index contributed by atoms with van der Waals surface area (Å²) in [6.45, 7) is 4.50. The molecule has 0 amide bonds. The van der Waals surface area contributed by atoms with Gasteiger partial charge in [-0.15, -0.1) is 12.6 Å². The molecule has 1 N–H and O–H groups in total. The van der Waals surface area contributed by atoms with Crippen molar-refractivity contribution < 1.29 is 4.74 Å². The molecule has 0 aliphatic carbocycles. The predicted molar refractivity (Wildman–Crippen MR) is 45.8 cm³/mol. The standard InChI is InChI=1S/C5H11NOS2/c1-3-7-4(2)6-5(8)9/h4H,3H2,1-2H3,(H2,6,8,9). The minimum Gasteiger partial charge on any atom is -0.359 e. The van der Waals surface area contributed by atoms with Crippen molar-refractivity contribution in [2.75, 3.05) is 6.61 Å². The molecule has 0 rings (SSSR count). The van der Waals surface area contributed by atoms with Crippen LogP contribution in [0.1, 0.15) is 13.8 Å². The molecule has 0 bridgehead atoms. The van der Waals surface area contributed by atoms with Crippen LogP contribution in [0, 0.1) is 0 Å². The van der Waals surface area contributed by atoms with E-state index in [9.17, 15) is 0 Å². The van der Waals surface area contributed by atoms with E-state index in [0.29, 0.717) is 10.9 Å². The SMILES string of the molecule is CCOC(C)NC(=S)S. The monoisotopic (exact) mass is 165 g/mol. The van der Waals surface area contributed by atoms with Gasteiger partial charge in [-0.3, -0.25) is 0 Å². The molecule has 0 saturated carbocycles. The Morgan fingerprint density at radius 2 is 2.44 bits per heavy atom. The van der Waals surface area contributed by atoms with Gasteiger partial charge in [-0.1, -0.05) is 12.2 Å². The summed E-state index contributed by atoms with van der Waals surface area (Å²) in [5, 5.41) is 2.82. The minimum atomic E-state index is -0.0278. The average Bonchev–Trinajstić information content (AvgIpc) is 1.63. The summed E-state index contributed by atoms with van der Waals surface area (Å²) in [5.74, 6) is 0. The van der Waals surface area contributed by atoms with Crippen molar-refractivity contribution in [3.05, 3.63) is 0 Å². The maximum absolute atomic E-state index is 5.11. The number of ether oxygens (including phenoxy) is 1. The van der Waals surface area contributed by atoms with E-state index in [1.165, 1.54) is 0 Å². The zero-order valence-corrected chi connectivity index (χ0v) is 7.26. The highest BCUT2D eigenvalue weighted by molar-refractivity contribution is 8.11. The Balaban J connectivity index is 3.26. The number of nitrogens with one attached hydrogen (secondary N) is 1. The summed E-state index contributed by atoms with van der Waals surface area (Å²) >= 11 is 8.53. The molecular weight excluding hydrogens is 154 g/mol. The van der Waals surface area contributed by atoms with Crippen LogP contribution in [-0.2, 0) is 4.74 Å². The van der Waals surface area contributed by atoms with Crippen molar-refractivity contribution in [1.82, 2.24) is 5.32 Å². The molecule has 0 aromatic rings. The first-order chi connectivity index (χ1) is 4.16. The van der Waals surface area contributed by atoms with Crippen LogP contribution in [0.3, 0.4) is 0 Å². The van der Waals surface area contributed by atoms with Gasteiger partial charge in [-0.25, -0.2) is 0 Å². The molecule has 0 spiro atoms. The van der Waals surface area contributed by atoms with E-state index < -0.39 is 0 Å². The van der Waals surface area contributed by atoms with Crippen molar-refractivity contribution in [2.45, 2.75) is 20.1 Å². The van der Waals surface area contributed by atoms with E-state index in [-0.39, 0.29) is 6.23 Å². The molecule has 54 valence electrons. The Kier molecular flexibility index (Phi) is 5.13. The molecule has 1 unspecified atom stereocenters. The van der Waals surface area contributed by atoms with Gasteiger partial charge in [0.05, 0.1) is 0 Å². The molecule has 0 saturated heterocycles. The maximum Gasteiger partial charge on any atom is 0.132 e. The summed E-state index contributed by atoms with van der Waals surface area (Å²) < 4.78 is 5.57. The molecule has 9 heavy (non-hydrogen) atoms. The zero-order valence-electron chi connectivity index (χ0n) is 5.55. The lowest BCUT2D eigenvalue weighted by Crippen LogP contribution is -2.30. The fourth-order valence-electron chi connectivity index (χ4n) is 0.466. The number of hydrogen-bond acceptors (Lipinski definition) is 2. The smallest absolute Gasteiger partial charge is 0.132 e. The first-order valence-electron chi connectivity index (χ1n) is 2.78. The van der Waals surface area contributed by atoms with E-state index in [2.05, 4.69) is 30.2 Å². The lowest BCUT2D eigenvalue weighted by Gasteiger charge is -2.11. The van der Waals surface area contributed by atoms with Gasteiger partial charge >= 0.3 is 0 Å². The molecule has 0 aliphatic heterocycles. The summed E-state index contributed by atoms with van der Waals surface area (Å²) in [6, 6.07) is 0. The Morgan fingerprint density at radius 3 is 2.78 bits per heavy atom. The number of rotatable bonds is 3. The molecular formula is C5H11NOS2. The molecule has 4 heteroatoms. The maximum atomic E-state index is 5.11. The molecule has 0 heterocycles. The molecule has 0 aliphatic rings. The molecule has 1 atom stereocenters. The van der Waals surface area contributed by atoms with E-state index in [1.807, 2.05) is 13.8 Å². The van der Waals surface area contributed by atoms with Crippen molar-refractivity contribution >= 4 is 29.2 Å². The quantitative estimate of drug-likeness (QED) is 0.372. The second kappa shape index (κ2) is 5.02. The summed E-state index contributed by atoms with van der Waals surface area (Å²) in [7, 11) is 0. The van der Waals surface area contributed by atoms with Crippen LogP contribution < -0.4 is 5.32 Å². The van der Waals surface area contributed by atoms with E-state index in [0.717, 1.165) is 0 Å². The van der Waals surface area contributed by atoms with Crippen LogP contribution in [0.25, 0.3) is 0 Å². The van der Waals surface area contributed by atoms with Crippen molar-refractivity contribution in [3.63, 3.8) is 0 Å². The highest BCUT2D eigenvalue weighted by Crippen LogP contribution is 1.87. The number of hydrogen-bond donors (Lipinski definition) is 2. The Labute approximate surface area is 66.4 Å².